The van der Waals surface area contributed by atoms with Crippen LogP contribution in [-0.2, 0) is 0 Å². The Balaban J connectivity index is 3.38. The van der Waals surface area contributed by atoms with Crippen molar-refractivity contribution < 1.29 is 9.22 Å². The first-order valence-corrected chi connectivity index (χ1v) is 11.0. The van der Waals surface area contributed by atoms with E-state index in [0.29, 0.717) is 23.0 Å². The van der Waals surface area contributed by atoms with Crippen LogP contribution in [0.3, 0.4) is 0 Å². The standard InChI is InChI=1S/C20H34O2Si/c1-10-19(21)18-11-16(8)20(17(9)12-18)22-23(13(2)3,14(4)5)15(6)7/h11-15H,10H2,1-9H3. The minimum atomic E-state index is -1.97. The van der Waals surface area contributed by atoms with E-state index in [-0.39, 0.29) is 5.78 Å². The molecule has 0 spiro atoms. The highest BCUT2D eigenvalue weighted by Crippen LogP contribution is 2.44. The minimum Gasteiger partial charge on any atom is -0.542 e. The summed E-state index contributed by atoms with van der Waals surface area (Å²) in [5.74, 6) is 1.20. The highest BCUT2D eigenvalue weighted by molar-refractivity contribution is 6.78. The Bertz CT molecular complexity index is 514. The monoisotopic (exact) mass is 334 g/mol. The third-order valence-electron chi connectivity index (χ3n) is 5.09. The fourth-order valence-electron chi connectivity index (χ4n) is 4.01. The van der Waals surface area contributed by atoms with Gasteiger partial charge in [-0.2, -0.15) is 0 Å². The molecular weight excluding hydrogens is 300 g/mol. The number of hydrogen-bond donors (Lipinski definition) is 0. The number of carbonyl (C=O) groups is 1. The highest BCUT2D eigenvalue weighted by atomic mass is 28.4. The first kappa shape index (κ1) is 20.0. The molecule has 1 aromatic rings. The van der Waals surface area contributed by atoms with Gasteiger partial charge in [0.2, 0.25) is 0 Å². The van der Waals surface area contributed by atoms with Crippen molar-refractivity contribution in [2.45, 2.75) is 85.4 Å². The molecular formula is C20H34O2Si. The van der Waals surface area contributed by atoms with Crippen LogP contribution < -0.4 is 4.43 Å². The summed E-state index contributed by atoms with van der Waals surface area (Å²) in [5.41, 5.74) is 4.59. The van der Waals surface area contributed by atoms with Crippen LogP contribution in [0.25, 0.3) is 0 Å². The van der Waals surface area contributed by atoms with Gasteiger partial charge in [-0.3, -0.25) is 4.79 Å². The molecule has 0 saturated carbocycles. The van der Waals surface area contributed by atoms with Crippen molar-refractivity contribution in [2.75, 3.05) is 0 Å². The van der Waals surface area contributed by atoms with Crippen molar-refractivity contribution in [3.8, 4) is 5.75 Å². The van der Waals surface area contributed by atoms with Gasteiger partial charge in [-0.15, -0.1) is 0 Å². The van der Waals surface area contributed by atoms with E-state index in [0.717, 1.165) is 22.4 Å². The van der Waals surface area contributed by atoms with Crippen LogP contribution >= 0.6 is 0 Å². The molecule has 0 heterocycles. The maximum absolute atomic E-state index is 12.0. The fourth-order valence-corrected chi connectivity index (χ4v) is 9.39. The number of hydrogen-bond acceptors (Lipinski definition) is 2. The summed E-state index contributed by atoms with van der Waals surface area (Å²) in [6.45, 7) is 19.8. The molecule has 0 amide bonds. The summed E-state index contributed by atoms with van der Waals surface area (Å²) in [6.07, 6.45) is 0.543. The summed E-state index contributed by atoms with van der Waals surface area (Å²) in [7, 11) is -1.97. The zero-order chi connectivity index (χ0) is 17.9. The summed E-state index contributed by atoms with van der Waals surface area (Å²) in [4.78, 5) is 12.0. The molecule has 0 fully saturated rings. The van der Waals surface area contributed by atoms with E-state index in [1.807, 2.05) is 19.1 Å². The second-order valence-electron chi connectivity index (χ2n) is 7.64. The summed E-state index contributed by atoms with van der Waals surface area (Å²) in [5, 5.41) is 0. The van der Waals surface area contributed by atoms with Crippen molar-refractivity contribution >= 4 is 14.1 Å². The lowest BCUT2D eigenvalue weighted by molar-refractivity contribution is 0.0988. The van der Waals surface area contributed by atoms with E-state index in [9.17, 15) is 4.79 Å². The van der Waals surface area contributed by atoms with Crippen molar-refractivity contribution in [3.63, 3.8) is 0 Å². The van der Waals surface area contributed by atoms with Gasteiger partial charge >= 0.3 is 0 Å². The minimum absolute atomic E-state index is 0.197. The van der Waals surface area contributed by atoms with Crippen LogP contribution in [0, 0.1) is 13.8 Å². The summed E-state index contributed by atoms with van der Waals surface area (Å²) < 4.78 is 6.84. The Kier molecular flexibility index (Phi) is 6.64. The molecule has 0 unspecified atom stereocenters. The molecule has 0 aliphatic rings. The van der Waals surface area contributed by atoms with Crippen LogP contribution in [0.4, 0.5) is 0 Å². The number of carbonyl (C=O) groups excluding carboxylic acids is 1. The Morgan fingerprint density at radius 3 is 1.65 bits per heavy atom. The summed E-state index contributed by atoms with van der Waals surface area (Å²) >= 11 is 0. The largest absolute Gasteiger partial charge is 0.542 e. The second kappa shape index (κ2) is 7.65. The van der Waals surface area contributed by atoms with Crippen molar-refractivity contribution in [3.05, 3.63) is 28.8 Å². The number of benzene rings is 1. The molecule has 23 heavy (non-hydrogen) atoms. The topological polar surface area (TPSA) is 26.3 Å². The van der Waals surface area contributed by atoms with Crippen molar-refractivity contribution in [1.29, 1.82) is 0 Å². The number of aryl methyl sites for hydroxylation is 2. The maximum atomic E-state index is 12.0. The van der Waals surface area contributed by atoms with Crippen molar-refractivity contribution in [2.24, 2.45) is 0 Å². The predicted octanol–water partition coefficient (Wildman–Crippen LogP) is 6.45. The predicted molar refractivity (Wildman–Crippen MR) is 102 cm³/mol. The molecule has 0 aliphatic carbocycles. The molecule has 2 nitrogen and oxygen atoms in total. The third kappa shape index (κ3) is 3.88. The van der Waals surface area contributed by atoms with Gasteiger partial charge < -0.3 is 4.43 Å². The molecule has 0 atom stereocenters. The van der Waals surface area contributed by atoms with E-state index >= 15 is 0 Å². The van der Waals surface area contributed by atoms with E-state index in [4.69, 9.17) is 4.43 Å². The van der Waals surface area contributed by atoms with Gasteiger partial charge in [-0.25, -0.2) is 0 Å². The number of rotatable bonds is 7. The molecule has 1 aromatic carbocycles. The van der Waals surface area contributed by atoms with E-state index in [1.165, 1.54) is 0 Å². The number of Topliss-reactive ketones (excluding diaryl/α,β-unsaturated/α-hetero) is 1. The molecule has 0 N–H and O–H groups in total. The zero-order valence-electron chi connectivity index (χ0n) is 16.4. The average Bonchev–Trinajstić information content (AvgIpc) is 2.44. The van der Waals surface area contributed by atoms with Gasteiger partial charge in [0.05, 0.1) is 0 Å². The molecule has 130 valence electrons. The highest BCUT2D eigenvalue weighted by Gasteiger charge is 2.47. The zero-order valence-corrected chi connectivity index (χ0v) is 17.4. The van der Waals surface area contributed by atoms with E-state index in [2.05, 4.69) is 55.4 Å². The van der Waals surface area contributed by atoms with Crippen LogP contribution in [0.5, 0.6) is 5.75 Å². The van der Waals surface area contributed by atoms with Crippen molar-refractivity contribution in [1.82, 2.24) is 0 Å². The van der Waals surface area contributed by atoms with Gasteiger partial charge in [0.1, 0.15) is 5.75 Å². The Morgan fingerprint density at radius 1 is 0.957 bits per heavy atom. The summed E-state index contributed by atoms with van der Waals surface area (Å²) in [6, 6.07) is 3.99. The van der Waals surface area contributed by atoms with Gasteiger partial charge in [0.25, 0.3) is 8.32 Å². The van der Waals surface area contributed by atoms with Gasteiger partial charge in [0.15, 0.2) is 5.78 Å². The first-order valence-electron chi connectivity index (χ1n) is 8.91. The van der Waals surface area contributed by atoms with Gasteiger partial charge in [-0.05, 0) is 53.7 Å². The van der Waals surface area contributed by atoms with Gasteiger partial charge in [-0.1, -0.05) is 48.5 Å². The molecule has 0 saturated heterocycles. The normalized spacial score (nSPS) is 12.3. The fraction of sp³-hybridized carbons (Fsp3) is 0.650. The lowest BCUT2D eigenvalue weighted by Crippen LogP contribution is -2.51. The van der Waals surface area contributed by atoms with Crippen LogP contribution in [0.1, 0.15) is 76.4 Å². The smallest absolute Gasteiger partial charge is 0.258 e. The average molecular weight is 335 g/mol. The second-order valence-corrected chi connectivity index (χ2v) is 13.0. The molecule has 0 radical (unpaired) electrons. The molecule has 1 rings (SSSR count). The molecule has 0 bridgehead atoms. The Morgan fingerprint density at radius 2 is 1.35 bits per heavy atom. The maximum Gasteiger partial charge on any atom is 0.258 e. The first-order chi connectivity index (χ1) is 10.6. The van der Waals surface area contributed by atoms with Crippen LogP contribution in [0.2, 0.25) is 16.6 Å². The lowest BCUT2D eigenvalue weighted by Gasteiger charge is -2.43. The molecule has 0 aromatic heterocycles. The Hall–Kier alpha value is -1.09. The third-order valence-corrected chi connectivity index (χ3v) is 11.1. The van der Waals surface area contributed by atoms with E-state index in [1.54, 1.807) is 0 Å². The van der Waals surface area contributed by atoms with Crippen LogP contribution in [0.15, 0.2) is 12.1 Å². The van der Waals surface area contributed by atoms with E-state index < -0.39 is 8.32 Å². The lowest BCUT2D eigenvalue weighted by atomic mass is 10.0. The molecule has 3 heteroatoms. The quantitative estimate of drug-likeness (QED) is 0.423. The number of ketones is 1. The van der Waals surface area contributed by atoms with Gasteiger partial charge in [0, 0.05) is 12.0 Å². The van der Waals surface area contributed by atoms with Crippen LogP contribution in [-0.4, -0.2) is 14.1 Å². The molecule has 0 aliphatic heterocycles. The Labute approximate surface area is 143 Å². The SMILES string of the molecule is CCC(=O)c1cc(C)c(O[Si](C(C)C)(C(C)C)C(C)C)c(C)c1.